The highest BCUT2D eigenvalue weighted by Crippen LogP contribution is 2.25. The molecular formula is C19H20ClN3O2S. The fourth-order valence-electron chi connectivity index (χ4n) is 2.89. The van der Waals surface area contributed by atoms with E-state index in [9.17, 15) is 4.79 Å². The molecule has 2 heterocycles. The molecule has 1 atom stereocenters. The van der Waals surface area contributed by atoms with E-state index >= 15 is 0 Å². The van der Waals surface area contributed by atoms with Crippen molar-refractivity contribution in [2.45, 2.75) is 19.9 Å². The maximum absolute atomic E-state index is 12.7. The number of nitrogens with zero attached hydrogens (tertiary/aromatic N) is 2. The van der Waals surface area contributed by atoms with E-state index in [1.54, 1.807) is 29.5 Å². The summed E-state index contributed by atoms with van der Waals surface area (Å²) < 4.78 is 7.23. The minimum Gasteiger partial charge on any atom is -0.496 e. The molecule has 0 spiro atoms. The van der Waals surface area contributed by atoms with Gasteiger partial charge in [0.05, 0.1) is 18.4 Å². The van der Waals surface area contributed by atoms with Crippen molar-refractivity contribution in [2.24, 2.45) is 0 Å². The summed E-state index contributed by atoms with van der Waals surface area (Å²) in [6.45, 7) is 4.39. The monoisotopic (exact) mass is 389 g/mol. The molecule has 26 heavy (non-hydrogen) atoms. The van der Waals surface area contributed by atoms with E-state index in [2.05, 4.69) is 16.5 Å². The molecular weight excluding hydrogens is 370 g/mol. The van der Waals surface area contributed by atoms with Crippen molar-refractivity contribution in [2.75, 3.05) is 13.7 Å². The molecule has 0 aliphatic carbocycles. The minimum absolute atomic E-state index is 0.0715. The summed E-state index contributed by atoms with van der Waals surface area (Å²) in [4.78, 5) is 13.8. The zero-order valence-electron chi connectivity index (χ0n) is 14.8. The smallest absolute Gasteiger partial charge is 0.255 e. The number of nitrogens with one attached hydrogen (secondary N) is 1. The first-order valence-electron chi connectivity index (χ1n) is 8.17. The summed E-state index contributed by atoms with van der Waals surface area (Å²) in [6, 6.07) is 11.0. The molecule has 136 valence electrons. The Kier molecular flexibility index (Phi) is 5.64. The van der Waals surface area contributed by atoms with Crippen LogP contribution < -0.4 is 10.1 Å². The summed E-state index contributed by atoms with van der Waals surface area (Å²) in [6.07, 6.45) is 0. The van der Waals surface area contributed by atoms with Gasteiger partial charge in [0.1, 0.15) is 11.8 Å². The van der Waals surface area contributed by atoms with Crippen molar-refractivity contribution >= 4 is 28.8 Å². The molecule has 0 radical (unpaired) electrons. The molecule has 0 bridgehead atoms. The molecule has 1 unspecified atom stereocenters. The van der Waals surface area contributed by atoms with Crippen molar-refractivity contribution in [3.63, 3.8) is 0 Å². The van der Waals surface area contributed by atoms with Crippen LogP contribution in [0.1, 0.15) is 32.7 Å². The van der Waals surface area contributed by atoms with Crippen molar-refractivity contribution < 1.29 is 9.53 Å². The number of benzene rings is 1. The Labute approximate surface area is 161 Å². The fourth-order valence-corrected chi connectivity index (χ4v) is 3.88. The molecule has 0 fully saturated rings. The molecule has 1 N–H and O–H groups in total. The van der Waals surface area contributed by atoms with Crippen molar-refractivity contribution in [1.82, 2.24) is 15.1 Å². The molecule has 3 aromatic rings. The van der Waals surface area contributed by atoms with Gasteiger partial charge >= 0.3 is 0 Å². The predicted molar refractivity (Wildman–Crippen MR) is 104 cm³/mol. The summed E-state index contributed by atoms with van der Waals surface area (Å²) in [5.74, 6) is 0.262. The first kappa shape index (κ1) is 18.5. The average molecular weight is 390 g/mol. The van der Waals surface area contributed by atoms with Gasteiger partial charge in [-0.2, -0.15) is 5.10 Å². The third-order valence-corrected chi connectivity index (χ3v) is 5.28. The van der Waals surface area contributed by atoms with E-state index in [-0.39, 0.29) is 11.9 Å². The van der Waals surface area contributed by atoms with Gasteiger partial charge in [0.25, 0.3) is 5.91 Å². The number of methoxy groups -OCH3 is 1. The Morgan fingerprint density at radius 3 is 2.77 bits per heavy atom. The van der Waals surface area contributed by atoms with E-state index in [0.717, 1.165) is 16.3 Å². The molecule has 3 rings (SSSR count). The highest BCUT2D eigenvalue weighted by Gasteiger charge is 2.20. The van der Waals surface area contributed by atoms with Gasteiger partial charge in [-0.15, -0.1) is 11.3 Å². The van der Waals surface area contributed by atoms with E-state index < -0.39 is 0 Å². The van der Waals surface area contributed by atoms with Crippen molar-refractivity contribution in [1.29, 1.82) is 0 Å². The highest BCUT2D eigenvalue weighted by atomic mass is 35.5. The summed E-state index contributed by atoms with van der Waals surface area (Å²) in [7, 11) is 1.53. The SMILES string of the molecule is COc1ccc(Cl)cc1C(=O)NCC(c1cccs1)n1nc(C)cc1C. The minimum atomic E-state index is -0.229. The van der Waals surface area contributed by atoms with Crippen molar-refractivity contribution in [3.05, 3.63) is 68.6 Å². The maximum Gasteiger partial charge on any atom is 0.255 e. The molecule has 5 nitrogen and oxygen atoms in total. The van der Waals surface area contributed by atoms with Gasteiger partial charge in [-0.3, -0.25) is 9.48 Å². The first-order valence-corrected chi connectivity index (χ1v) is 9.43. The van der Waals surface area contributed by atoms with Crippen LogP contribution in [-0.2, 0) is 0 Å². The lowest BCUT2D eigenvalue weighted by Gasteiger charge is -2.19. The molecule has 0 saturated carbocycles. The summed E-state index contributed by atoms with van der Waals surface area (Å²) >= 11 is 7.68. The third kappa shape index (κ3) is 3.92. The van der Waals surface area contributed by atoms with Gasteiger partial charge in [-0.25, -0.2) is 0 Å². The van der Waals surface area contributed by atoms with Crippen LogP contribution in [0.15, 0.2) is 41.8 Å². The second kappa shape index (κ2) is 7.93. The lowest BCUT2D eigenvalue weighted by atomic mass is 10.1. The second-order valence-corrected chi connectivity index (χ2v) is 7.37. The maximum atomic E-state index is 12.7. The van der Waals surface area contributed by atoms with Crippen LogP contribution in [0.5, 0.6) is 5.75 Å². The quantitative estimate of drug-likeness (QED) is 0.685. The van der Waals surface area contributed by atoms with E-state index in [0.29, 0.717) is 22.9 Å². The van der Waals surface area contributed by atoms with Gasteiger partial charge in [0.2, 0.25) is 0 Å². The Morgan fingerprint density at radius 2 is 2.15 bits per heavy atom. The number of rotatable bonds is 6. The predicted octanol–water partition coefficient (Wildman–Crippen LogP) is 4.24. The number of carbonyl (C=O) groups is 1. The Bertz CT molecular complexity index is 906. The number of halogens is 1. The van der Waals surface area contributed by atoms with E-state index in [1.807, 2.05) is 36.0 Å². The van der Waals surface area contributed by atoms with Gasteiger partial charge in [0.15, 0.2) is 0 Å². The topological polar surface area (TPSA) is 56.1 Å². The van der Waals surface area contributed by atoms with E-state index in [4.69, 9.17) is 16.3 Å². The van der Waals surface area contributed by atoms with Crippen LogP contribution in [0.3, 0.4) is 0 Å². The van der Waals surface area contributed by atoms with Crippen LogP contribution in [-0.4, -0.2) is 29.3 Å². The molecule has 1 aromatic carbocycles. The van der Waals surface area contributed by atoms with Crippen LogP contribution in [0.25, 0.3) is 0 Å². The van der Waals surface area contributed by atoms with Gasteiger partial charge in [-0.1, -0.05) is 17.7 Å². The lowest BCUT2D eigenvalue weighted by molar-refractivity contribution is 0.0946. The van der Waals surface area contributed by atoms with Gasteiger partial charge in [-0.05, 0) is 49.6 Å². The van der Waals surface area contributed by atoms with Crippen LogP contribution in [0, 0.1) is 13.8 Å². The number of hydrogen-bond acceptors (Lipinski definition) is 4. The van der Waals surface area contributed by atoms with Crippen molar-refractivity contribution in [3.8, 4) is 5.75 Å². The Hall–Kier alpha value is -2.31. The third-order valence-electron chi connectivity index (χ3n) is 4.07. The molecule has 1 amide bonds. The summed E-state index contributed by atoms with van der Waals surface area (Å²) in [5, 5.41) is 10.1. The van der Waals surface area contributed by atoms with E-state index in [1.165, 1.54) is 7.11 Å². The van der Waals surface area contributed by atoms with Crippen LogP contribution >= 0.6 is 22.9 Å². The average Bonchev–Trinajstić information content (AvgIpc) is 3.25. The van der Waals surface area contributed by atoms with Crippen LogP contribution in [0.2, 0.25) is 5.02 Å². The summed E-state index contributed by atoms with van der Waals surface area (Å²) in [5.41, 5.74) is 2.42. The molecule has 0 aliphatic rings. The Morgan fingerprint density at radius 1 is 1.35 bits per heavy atom. The lowest BCUT2D eigenvalue weighted by Crippen LogP contribution is -2.32. The zero-order chi connectivity index (χ0) is 18.7. The van der Waals surface area contributed by atoms with Gasteiger partial charge < -0.3 is 10.1 Å². The molecule has 0 aliphatic heterocycles. The standard InChI is InChI=1S/C19H20ClN3O2S/c1-12-9-13(2)23(22-12)16(18-5-4-8-26-18)11-21-19(24)15-10-14(20)6-7-17(15)25-3/h4-10,16H,11H2,1-3H3,(H,21,24). The van der Waals surface area contributed by atoms with Gasteiger partial charge in [0, 0.05) is 22.1 Å². The fraction of sp³-hybridized carbons (Fsp3) is 0.263. The number of aromatic nitrogens is 2. The first-order chi connectivity index (χ1) is 12.5. The normalized spacial score (nSPS) is 12.0. The molecule has 2 aromatic heterocycles. The highest BCUT2D eigenvalue weighted by molar-refractivity contribution is 7.10. The molecule has 0 saturated heterocycles. The number of hydrogen-bond donors (Lipinski definition) is 1. The number of carbonyl (C=O) groups excluding carboxylic acids is 1. The van der Waals surface area contributed by atoms with Crippen LogP contribution in [0.4, 0.5) is 0 Å². The number of aryl methyl sites for hydroxylation is 2. The zero-order valence-corrected chi connectivity index (χ0v) is 16.4. The second-order valence-electron chi connectivity index (χ2n) is 5.96. The number of ether oxygens (including phenoxy) is 1. The number of amides is 1. The molecule has 7 heteroatoms. The number of thiophene rings is 1. The largest absolute Gasteiger partial charge is 0.496 e. The Balaban J connectivity index is 1.84.